The minimum absolute atomic E-state index is 0.0210. The summed E-state index contributed by atoms with van der Waals surface area (Å²) in [6, 6.07) is 0.165. The van der Waals surface area contributed by atoms with Crippen molar-refractivity contribution < 1.29 is 53.4 Å². The van der Waals surface area contributed by atoms with Crippen LogP contribution in [0.5, 0.6) is 0 Å². The Bertz CT molecular complexity index is 1560. The van der Waals surface area contributed by atoms with Gasteiger partial charge in [0.05, 0.1) is 36.4 Å². The molecule has 0 spiro atoms. The van der Waals surface area contributed by atoms with Crippen molar-refractivity contribution in [1.29, 1.82) is 0 Å². The fraction of sp³-hybridized carbons (Fsp3) is 0.739. The summed E-state index contributed by atoms with van der Waals surface area (Å²) in [5, 5.41) is 32.2. The van der Waals surface area contributed by atoms with E-state index in [1.165, 1.54) is 17.1 Å². The van der Waals surface area contributed by atoms with Crippen LogP contribution in [0.15, 0.2) is 48.1 Å². The predicted molar refractivity (Wildman–Crippen MR) is 228 cm³/mol. The molecule has 2 fully saturated rings. The van der Waals surface area contributed by atoms with Crippen molar-refractivity contribution in [2.24, 2.45) is 11.8 Å². The van der Waals surface area contributed by atoms with Gasteiger partial charge < -0.3 is 39.2 Å². The Balaban J connectivity index is 1.38. The lowest BCUT2D eigenvalue weighted by molar-refractivity contribution is -0.151. The third-order valence-corrected chi connectivity index (χ3v) is 12.9. The maximum atomic E-state index is 13.9. The van der Waals surface area contributed by atoms with Gasteiger partial charge in [-0.15, -0.1) is 0 Å². The molecular formula is C46H73N3O11. The Morgan fingerprint density at radius 2 is 1.77 bits per heavy atom. The number of imide groups is 1. The number of piperazine rings is 1. The van der Waals surface area contributed by atoms with E-state index in [0.717, 1.165) is 44.2 Å². The molecule has 14 nitrogen and oxygen atoms in total. The highest BCUT2D eigenvalue weighted by Gasteiger charge is 2.47. The van der Waals surface area contributed by atoms with E-state index in [0.29, 0.717) is 45.4 Å². The van der Waals surface area contributed by atoms with Crippen LogP contribution in [0.25, 0.3) is 0 Å². The predicted octanol–water partition coefficient (Wildman–Crippen LogP) is 5.25. The first kappa shape index (κ1) is 49.3. The molecule has 0 aliphatic carbocycles. The zero-order chi connectivity index (χ0) is 44.2. The lowest BCUT2D eigenvalue weighted by Crippen LogP contribution is -2.56. The van der Waals surface area contributed by atoms with E-state index >= 15 is 0 Å². The first-order valence-electron chi connectivity index (χ1n) is 22.2. The Morgan fingerprint density at radius 1 is 1.08 bits per heavy atom. The van der Waals surface area contributed by atoms with Gasteiger partial charge in [-0.25, -0.2) is 4.79 Å². The average Bonchev–Trinajstić information content (AvgIpc) is 3.90. The van der Waals surface area contributed by atoms with Gasteiger partial charge in [-0.3, -0.25) is 24.2 Å². The summed E-state index contributed by atoms with van der Waals surface area (Å²) < 4.78 is 24.0. The summed E-state index contributed by atoms with van der Waals surface area (Å²) in [6.07, 6.45) is 13.8. The number of aliphatic hydroxyl groups is 3. The molecule has 4 rings (SSSR count). The number of hydrogen-bond donors (Lipinski definition) is 3. The van der Waals surface area contributed by atoms with Crippen molar-refractivity contribution in [3.8, 4) is 0 Å². The number of ether oxygens (including phenoxy) is 4. The summed E-state index contributed by atoms with van der Waals surface area (Å²) >= 11 is 0. The summed E-state index contributed by atoms with van der Waals surface area (Å²) in [6.45, 7) is 16.4. The summed E-state index contributed by atoms with van der Waals surface area (Å²) in [7, 11) is 1.56. The lowest BCUT2D eigenvalue weighted by atomic mass is 9.88. The number of unbranched alkanes of at least 4 members (excludes halogenated alkanes) is 3. The van der Waals surface area contributed by atoms with Crippen molar-refractivity contribution in [2.45, 2.75) is 167 Å². The molecule has 14 heteroatoms. The first-order valence-corrected chi connectivity index (χ1v) is 22.2. The minimum atomic E-state index is -1.17. The molecule has 4 aliphatic rings. The number of epoxide rings is 1. The maximum absolute atomic E-state index is 13.9. The average molecular weight is 844 g/mol. The van der Waals surface area contributed by atoms with Gasteiger partial charge in [0.15, 0.2) is 6.10 Å². The smallest absolute Gasteiger partial charge is 0.410 e. The number of rotatable bonds is 18. The quantitative estimate of drug-likeness (QED) is 0.0409. The molecule has 1 unspecified atom stereocenters. The number of allylic oxidation sites excluding steroid dienone is 2. The standard InChI is InChI=1S/C46H73N3O11/c1-9-34-30-48(27-26-47(34)24-13-11-12-14-25-49-39(52)19-20-40(49)53)44(55)59-38-18-17-32(4)42(60-41(54)28-35(50)21-23-46(38,7)57-8)31(3)16-15-22-45(6,56)29-37-43(58-37)33(5)36(51)10-2/h15-20,22,32-38,42-43,50-51,56H,9-14,21,23-30H2,1-8H3/b18-17+,22-15+,31-16+/t32-,33+,34?,35+,36-,37+,38-,42+,43+,45-,46+/m0/s1. The molecule has 2 saturated heterocycles. The Kier molecular flexibility index (Phi) is 18.6. The van der Waals surface area contributed by atoms with E-state index in [4.69, 9.17) is 18.9 Å². The van der Waals surface area contributed by atoms with Crippen molar-refractivity contribution in [1.82, 2.24) is 14.7 Å². The van der Waals surface area contributed by atoms with Crippen LogP contribution in [0.3, 0.4) is 0 Å². The molecule has 11 atom stereocenters. The molecule has 0 radical (unpaired) electrons. The zero-order valence-corrected chi connectivity index (χ0v) is 37.3. The van der Waals surface area contributed by atoms with Gasteiger partial charge in [0.1, 0.15) is 11.7 Å². The molecule has 60 heavy (non-hydrogen) atoms. The second kappa shape index (κ2) is 22.6. The maximum Gasteiger partial charge on any atom is 0.410 e. The highest BCUT2D eigenvalue weighted by molar-refractivity contribution is 6.12. The van der Waals surface area contributed by atoms with Crippen LogP contribution in [0.4, 0.5) is 4.79 Å². The molecule has 0 bridgehead atoms. The second-order valence-corrected chi connectivity index (χ2v) is 17.8. The third-order valence-electron chi connectivity index (χ3n) is 12.9. The number of amides is 3. The Hall–Kier alpha value is -3.40. The monoisotopic (exact) mass is 844 g/mol. The van der Waals surface area contributed by atoms with Gasteiger partial charge in [0.2, 0.25) is 0 Å². The van der Waals surface area contributed by atoms with Crippen LogP contribution in [-0.2, 0) is 33.3 Å². The van der Waals surface area contributed by atoms with E-state index in [1.807, 2.05) is 40.7 Å². The highest BCUT2D eigenvalue weighted by Crippen LogP contribution is 2.38. The molecular weight excluding hydrogens is 771 g/mol. The zero-order valence-electron chi connectivity index (χ0n) is 37.3. The number of carbonyl (C=O) groups is 4. The minimum Gasteiger partial charge on any atom is -0.457 e. The van der Waals surface area contributed by atoms with Crippen LogP contribution in [0, 0.1) is 11.8 Å². The summed E-state index contributed by atoms with van der Waals surface area (Å²) in [5.41, 5.74) is -1.45. The Labute approximate surface area is 357 Å². The van der Waals surface area contributed by atoms with Crippen molar-refractivity contribution in [3.63, 3.8) is 0 Å². The van der Waals surface area contributed by atoms with Crippen LogP contribution in [0.2, 0.25) is 0 Å². The summed E-state index contributed by atoms with van der Waals surface area (Å²) in [5.74, 6) is -1.39. The lowest BCUT2D eigenvalue weighted by Gasteiger charge is -2.42. The van der Waals surface area contributed by atoms with E-state index in [2.05, 4.69) is 11.8 Å². The highest BCUT2D eigenvalue weighted by atomic mass is 16.6. The van der Waals surface area contributed by atoms with E-state index in [-0.39, 0.29) is 54.7 Å². The number of nitrogens with zero attached hydrogens (tertiary/aromatic N) is 3. The fourth-order valence-electron chi connectivity index (χ4n) is 8.52. The molecule has 4 aliphatic heterocycles. The Morgan fingerprint density at radius 3 is 2.42 bits per heavy atom. The molecule has 0 aromatic carbocycles. The number of hydrogen-bond acceptors (Lipinski definition) is 12. The number of methoxy groups -OCH3 is 1. The van der Waals surface area contributed by atoms with Gasteiger partial charge in [0, 0.05) is 69.7 Å². The van der Waals surface area contributed by atoms with Gasteiger partial charge in [-0.05, 0) is 77.5 Å². The third kappa shape index (κ3) is 14.1. The molecule has 0 aromatic heterocycles. The topological polar surface area (TPSA) is 179 Å². The molecule has 4 heterocycles. The molecule has 0 saturated carbocycles. The van der Waals surface area contributed by atoms with Gasteiger partial charge in [0.25, 0.3) is 11.8 Å². The van der Waals surface area contributed by atoms with Crippen LogP contribution in [-0.4, -0.2) is 148 Å². The number of esters is 1. The number of aliphatic hydroxyl groups excluding tert-OH is 2. The molecule has 3 amide bonds. The van der Waals surface area contributed by atoms with Gasteiger partial charge >= 0.3 is 12.1 Å². The summed E-state index contributed by atoms with van der Waals surface area (Å²) in [4.78, 5) is 56.0. The van der Waals surface area contributed by atoms with E-state index in [9.17, 15) is 34.5 Å². The number of carbonyl (C=O) groups excluding carboxylic acids is 4. The normalized spacial score (nSPS) is 32.3. The van der Waals surface area contributed by atoms with Crippen LogP contribution >= 0.6 is 0 Å². The van der Waals surface area contributed by atoms with Crippen LogP contribution < -0.4 is 0 Å². The molecule has 3 N–H and O–H groups in total. The molecule has 0 aromatic rings. The largest absolute Gasteiger partial charge is 0.457 e. The van der Waals surface area contributed by atoms with Gasteiger partial charge in [-0.2, -0.15) is 0 Å². The van der Waals surface area contributed by atoms with Crippen molar-refractivity contribution in [2.75, 3.05) is 39.8 Å². The van der Waals surface area contributed by atoms with E-state index < -0.39 is 47.7 Å². The number of cyclic esters (lactones) is 1. The second-order valence-electron chi connectivity index (χ2n) is 17.8. The van der Waals surface area contributed by atoms with E-state index in [1.54, 1.807) is 43.2 Å². The van der Waals surface area contributed by atoms with Crippen LogP contribution in [0.1, 0.15) is 113 Å². The fourth-order valence-corrected chi connectivity index (χ4v) is 8.52. The first-order chi connectivity index (χ1) is 28.4. The SMILES string of the molecule is CCC1CN(C(=O)O[C@H]2/C=C/[C@H](C)[C@@H](/C(C)=C/C=C/[C@](C)(O)C[C@H]3O[C@@H]3[C@H](C)[C@@H](O)CC)OC(=O)C[C@H](O)CC[C@@]2(C)OC)CCN1CCCCCCN1C(=O)C=CC1=O. The van der Waals surface area contributed by atoms with Gasteiger partial charge in [-0.1, -0.05) is 64.8 Å². The molecule has 338 valence electrons. The van der Waals surface area contributed by atoms with Crippen molar-refractivity contribution >= 4 is 23.9 Å². The van der Waals surface area contributed by atoms with Crippen molar-refractivity contribution in [3.05, 3.63) is 48.1 Å².